The lowest BCUT2D eigenvalue weighted by molar-refractivity contribution is -0.137. The highest BCUT2D eigenvalue weighted by atomic mass is 35.5. The van der Waals surface area contributed by atoms with Gasteiger partial charge in [-0.3, -0.25) is 14.5 Å². The van der Waals surface area contributed by atoms with Gasteiger partial charge >= 0.3 is 6.18 Å². The van der Waals surface area contributed by atoms with Crippen LogP contribution in [0.3, 0.4) is 0 Å². The maximum absolute atomic E-state index is 13.2. The number of nitrogens with zero attached hydrogens (tertiary/aromatic N) is 2. The van der Waals surface area contributed by atoms with Crippen LogP contribution >= 0.6 is 35.0 Å². The van der Waals surface area contributed by atoms with Gasteiger partial charge in [0.05, 0.1) is 17.0 Å². The molecule has 34 heavy (non-hydrogen) atoms. The molecule has 0 atom stereocenters. The highest BCUT2D eigenvalue weighted by Crippen LogP contribution is 2.36. The molecule has 0 unspecified atom stereocenters. The number of hydrogen-bond acceptors (Lipinski definition) is 3. The van der Waals surface area contributed by atoms with Gasteiger partial charge in [-0.15, -0.1) is 0 Å². The van der Waals surface area contributed by atoms with E-state index in [2.05, 4.69) is 0 Å². The van der Waals surface area contributed by atoms with Crippen LogP contribution in [0.1, 0.15) is 28.1 Å². The Labute approximate surface area is 207 Å². The first kappa shape index (κ1) is 24.4. The number of alkyl halides is 3. The van der Waals surface area contributed by atoms with Crippen molar-refractivity contribution >= 4 is 52.2 Å². The van der Waals surface area contributed by atoms with E-state index in [1.807, 2.05) is 0 Å². The first-order chi connectivity index (χ1) is 16.0. The minimum absolute atomic E-state index is 0.00126. The number of rotatable bonds is 4. The van der Waals surface area contributed by atoms with Crippen LogP contribution in [0.5, 0.6) is 0 Å². The van der Waals surface area contributed by atoms with E-state index < -0.39 is 22.9 Å². The van der Waals surface area contributed by atoms with Gasteiger partial charge in [0.15, 0.2) is 0 Å². The lowest BCUT2D eigenvalue weighted by Crippen LogP contribution is -2.27. The topological polar surface area (TPSA) is 42.3 Å². The predicted octanol–water partition coefficient (Wildman–Crippen LogP) is 7.66. The second kappa shape index (κ2) is 9.17. The molecule has 2 aromatic carbocycles. The molecule has 0 radical (unpaired) electrons. The molecule has 10 heteroatoms. The fraction of sp³-hybridized carbons (Fsp3) is 0.167. The summed E-state index contributed by atoms with van der Waals surface area (Å²) in [6, 6.07) is 11.6. The second-order valence-electron chi connectivity index (χ2n) is 7.71. The molecular weight excluding hydrogens is 508 g/mol. The SMILES string of the molecule is Cc1cc(/C=C2\SC(=O)N(Cc3ccc(Cl)cc3Cl)C2=O)c(C)n1-c1cccc(C(F)(F)F)c1. The summed E-state index contributed by atoms with van der Waals surface area (Å²) in [5.41, 5.74) is 2.15. The summed E-state index contributed by atoms with van der Waals surface area (Å²) >= 11 is 12.9. The molecular formula is C24H17Cl2F3N2O2S. The van der Waals surface area contributed by atoms with Gasteiger partial charge in [-0.05, 0) is 79.2 Å². The Morgan fingerprint density at radius 2 is 1.76 bits per heavy atom. The van der Waals surface area contributed by atoms with Crippen LogP contribution in [0.15, 0.2) is 53.4 Å². The Hall–Kier alpha value is -2.68. The van der Waals surface area contributed by atoms with Gasteiger partial charge in [-0.1, -0.05) is 35.3 Å². The molecule has 2 heterocycles. The zero-order chi connectivity index (χ0) is 24.8. The molecule has 0 saturated carbocycles. The number of imide groups is 1. The van der Waals surface area contributed by atoms with Crippen LogP contribution in [0, 0.1) is 13.8 Å². The molecule has 2 amide bonds. The quantitative estimate of drug-likeness (QED) is 0.329. The molecule has 4 nitrogen and oxygen atoms in total. The van der Waals surface area contributed by atoms with E-state index >= 15 is 0 Å². The number of amides is 2. The van der Waals surface area contributed by atoms with E-state index in [0.717, 1.165) is 28.8 Å². The molecule has 1 aliphatic rings. The van der Waals surface area contributed by atoms with Crippen molar-refractivity contribution in [2.45, 2.75) is 26.6 Å². The zero-order valence-corrected chi connectivity index (χ0v) is 20.2. The van der Waals surface area contributed by atoms with Crippen LogP contribution in [0.25, 0.3) is 11.8 Å². The van der Waals surface area contributed by atoms with Crippen molar-refractivity contribution in [3.05, 3.63) is 91.6 Å². The van der Waals surface area contributed by atoms with Crippen molar-refractivity contribution in [1.29, 1.82) is 0 Å². The summed E-state index contributed by atoms with van der Waals surface area (Å²) in [7, 11) is 0. The summed E-state index contributed by atoms with van der Waals surface area (Å²) < 4.78 is 41.2. The molecule has 3 aromatic rings. The first-order valence-corrected chi connectivity index (χ1v) is 11.6. The number of benzene rings is 2. The highest BCUT2D eigenvalue weighted by Gasteiger charge is 2.36. The Morgan fingerprint density at radius 1 is 1.03 bits per heavy atom. The van der Waals surface area contributed by atoms with E-state index in [-0.39, 0.29) is 11.4 Å². The van der Waals surface area contributed by atoms with Crippen LogP contribution in [-0.4, -0.2) is 20.6 Å². The van der Waals surface area contributed by atoms with Gasteiger partial charge in [0.25, 0.3) is 11.1 Å². The lowest BCUT2D eigenvalue weighted by atomic mass is 10.2. The Balaban J connectivity index is 1.64. The minimum atomic E-state index is -4.46. The maximum Gasteiger partial charge on any atom is 0.416 e. The fourth-order valence-corrected chi connectivity index (χ4v) is 5.05. The number of halogens is 5. The third-order valence-electron chi connectivity index (χ3n) is 5.41. The zero-order valence-electron chi connectivity index (χ0n) is 17.9. The molecule has 0 bridgehead atoms. The van der Waals surface area contributed by atoms with Crippen LogP contribution in [0.2, 0.25) is 10.0 Å². The second-order valence-corrected chi connectivity index (χ2v) is 9.55. The third-order valence-corrected chi connectivity index (χ3v) is 6.90. The van der Waals surface area contributed by atoms with Crippen molar-refractivity contribution in [2.24, 2.45) is 0 Å². The Morgan fingerprint density at radius 3 is 2.44 bits per heavy atom. The third kappa shape index (κ3) is 4.76. The van der Waals surface area contributed by atoms with Gasteiger partial charge in [-0.25, -0.2) is 0 Å². The number of carbonyl (C=O) groups excluding carboxylic acids is 2. The summed E-state index contributed by atoms with van der Waals surface area (Å²) in [6.45, 7) is 3.51. The smallest absolute Gasteiger partial charge is 0.318 e. The van der Waals surface area contributed by atoms with E-state index in [1.165, 1.54) is 12.1 Å². The fourth-order valence-electron chi connectivity index (χ4n) is 3.75. The van der Waals surface area contributed by atoms with Crippen molar-refractivity contribution < 1.29 is 22.8 Å². The van der Waals surface area contributed by atoms with E-state index in [1.54, 1.807) is 48.8 Å². The van der Waals surface area contributed by atoms with E-state index in [4.69, 9.17) is 23.2 Å². The summed E-state index contributed by atoms with van der Waals surface area (Å²) in [5.74, 6) is -0.468. The Kier molecular flexibility index (Phi) is 6.59. The largest absolute Gasteiger partial charge is 0.416 e. The van der Waals surface area contributed by atoms with Gasteiger partial charge < -0.3 is 4.57 Å². The van der Waals surface area contributed by atoms with Gasteiger partial charge in [0.1, 0.15) is 0 Å². The van der Waals surface area contributed by atoms with Crippen LogP contribution < -0.4 is 0 Å². The molecule has 0 spiro atoms. The minimum Gasteiger partial charge on any atom is -0.318 e. The predicted molar refractivity (Wildman–Crippen MR) is 128 cm³/mol. The van der Waals surface area contributed by atoms with Crippen LogP contribution in [0.4, 0.5) is 18.0 Å². The number of hydrogen-bond donors (Lipinski definition) is 0. The van der Waals surface area contributed by atoms with Crippen molar-refractivity contribution in [1.82, 2.24) is 9.47 Å². The molecule has 4 rings (SSSR count). The van der Waals surface area contributed by atoms with Crippen LogP contribution in [-0.2, 0) is 17.5 Å². The first-order valence-electron chi connectivity index (χ1n) is 10.0. The standard InChI is InChI=1S/C24H17Cl2F3N2O2S/c1-13-8-16(14(2)31(13)19-5-3-4-17(10-19)24(27,28)29)9-21-22(32)30(23(33)34-21)12-15-6-7-18(25)11-20(15)26/h3-11H,12H2,1-2H3/b21-9-. The van der Waals surface area contributed by atoms with Gasteiger partial charge in [0.2, 0.25) is 0 Å². The number of carbonyl (C=O) groups is 2. The average molecular weight is 525 g/mol. The molecule has 0 aliphatic carbocycles. The van der Waals surface area contributed by atoms with Crippen molar-refractivity contribution in [3.63, 3.8) is 0 Å². The molecule has 1 fully saturated rings. The summed E-state index contributed by atoms with van der Waals surface area (Å²) in [5, 5.41) is 0.355. The number of aromatic nitrogens is 1. The average Bonchev–Trinajstić information content (AvgIpc) is 3.18. The molecule has 0 N–H and O–H groups in total. The molecule has 1 saturated heterocycles. The summed E-state index contributed by atoms with van der Waals surface area (Å²) in [4.78, 5) is 26.8. The summed E-state index contributed by atoms with van der Waals surface area (Å²) in [6.07, 6.45) is -2.87. The highest BCUT2D eigenvalue weighted by molar-refractivity contribution is 8.18. The van der Waals surface area contributed by atoms with E-state index in [0.29, 0.717) is 38.2 Å². The molecule has 1 aromatic heterocycles. The molecule has 176 valence electrons. The van der Waals surface area contributed by atoms with Gasteiger partial charge in [0, 0.05) is 27.1 Å². The Bertz CT molecular complexity index is 1350. The van der Waals surface area contributed by atoms with Crippen molar-refractivity contribution in [3.8, 4) is 5.69 Å². The number of aryl methyl sites for hydroxylation is 1. The number of thioether (sulfide) groups is 1. The van der Waals surface area contributed by atoms with E-state index in [9.17, 15) is 22.8 Å². The monoisotopic (exact) mass is 524 g/mol. The van der Waals surface area contributed by atoms with Gasteiger partial charge in [-0.2, -0.15) is 13.2 Å². The lowest BCUT2D eigenvalue weighted by Gasteiger charge is -2.13. The maximum atomic E-state index is 13.2. The van der Waals surface area contributed by atoms with Crippen molar-refractivity contribution in [2.75, 3.05) is 0 Å². The molecule has 1 aliphatic heterocycles. The normalized spacial score (nSPS) is 15.6.